The minimum Gasteiger partial charge on any atom is -0.399 e. The number of hydrogen-bond donors (Lipinski definition) is 2. The third-order valence-corrected chi connectivity index (χ3v) is 3.37. The Kier molecular flexibility index (Phi) is 3.96. The highest BCUT2D eigenvalue weighted by Crippen LogP contribution is 2.23. The Labute approximate surface area is 129 Å². The molecule has 3 rings (SSSR count). The molecular formula is C17H17N5. The molecule has 0 amide bonds. The van der Waals surface area contributed by atoms with E-state index in [0.717, 1.165) is 23.4 Å². The van der Waals surface area contributed by atoms with Gasteiger partial charge in [-0.05, 0) is 42.3 Å². The number of hydrogen-bond acceptors (Lipinski definition) is 5. The van der Waals surface area contributed by atoms with Gasteiger partial charge in [-0.25, -0.2) is 9.97 Å². The van der Waals surface area contributed by atoms with Gasteiger partial charge in [-0.1, -0.05) is 13.0 Å². The second-order valence-corrected chi connectivity index (χ2v) is 4.90. The van der Waals surface area contributed by atoms with Crippen LogP contribution < -0.4 is 11.1 Å². The molecule has 0 saturated carbocycles. The number of benzene rings is 1. The summed E-state index contributed by atoms with van der Waals surface area (Å²) in [4.78, 5) is 12.9. The van der Waals surface area contributed by atoms with Crippen molar-refractivity contribution in [2.45, 2.75) is 13.3 Å². The molecule has 0 fully saturated rings. The van der Waals surface area contributed by atoms with Crippen LogP contribution >= 0.6 is 0 Å². The summed E-state index contributed by atoms with van der Waals surface area (Å²) in [6, 6.07) is 11.5. The Morgan fingerprint density at radius 2 is 2.05 bits per heavy atom. The molecule has 0 atom stereocenters. The SMILES string of the molecule is CCc1ccc(N)cc1Nc1nccc(-c2cccnc2)n1. The molecule has 2 aromatic heterocycles. The molecule has 3 aromatic rings. The van der Waals surface area contributed by atoms with Gasteiger partial charge in [0.15, 0.2) is 0 Å². The number of nitrogens with zero attached hydrogens (tertiary/aromatic N) is 3. The first-order valence-electron chi connectivity index (χ1n) is 7.15. The second-order valence-electron chi connectivity index (χ2n) is 4.90. The molecule has 110 valence electrons. The Morgan fingerprint density at radius 1 is 1.14 bits per heavy atom. The number of nitrogens with two attached hydrogens (primary N) is 1. The zero-order valence-electron chi connectivity index (χ0n) is 12.3. The Hall–Kier alpha value is -2.95. The maximum absolute atomic E-state index is 5.87. The van der Waals surface area contributed by atoms with Crippen molar-refractivity contribution in [1.82, 2.24) is 15.0 Å². The standard InChI is InChI=1S/C17H17N5/c1-2-12-5-6-14(18)10-16(12)22-17-20-9-7-15(21-17)13-4-3-8-19-11-13/h3-11H,2,18H2,1H3,(H,20,21,22). The van der Waals surface area contributed by atoms with Crippen LogP contribution in [0.1, 0.15) is 12.5 Å². The Bertz CT molecular complexity index is 771. The largest absolute Gasteiger partial charge is 0.399 e. The van der Waals surface area contributed by atoms with Crippen LogP contribution in [0.4, 0.5) is 17.3 Å². The normalized spacial score (nSPS) is 10.4. The molecule has 5 heteroatoms. The van der Waals surface area contributed by atoms with E-state index >= 15 is 0 Å². The van der Waals surface area contributed by atoms with E-state index in [2.05, 4.69) is 27.2 Å². The monoisotopic (exact) mass is 291 g/mol. The van der Waals surface area contributed by atoms with Gasteiger partial charge in [0.25, 0.3) is 0 Å². The van der Waals surface area contributed by atoms with E-state index in [0.29, 0.717) is 11.6 Å². The van der Waals surface area contributed by atoms with Crippen LogP contribution in [-0.4, -0.2) is 15.0 Å². The first-order valence-corrected chi connectivity index (χ1v) is 7.15. The zero-order valence-corrected chi connectivity index (χ0v) is 12.3. The fourth-order valence-corrected chi connectivity index (χ4v) is 2.23. The zero-order chi connectivity index (χ0) is 15.4. The highest BCUT2D eigenvalue weighted by atomic mass is 15.1. The molecule has 0 aliphatic carbocycles. The van der Waals surface area contributed by atoms with Gasteiger partial charge >= 0.3 is 0 Å². The van der Waals surface area contributed by atoms with Crippen LogP contribution in [0, 0.1) is 0 Å². The van der Waals surface area contributed by atoms with Gasteiger partial charge in [-0.2, -0.15) is 0 Å². The van der Waals surface area contributed by atoms with Crippen molar-refractivity contribution >= 4 is 17.3 Å². The highest BCUT2D eigenvalue weighted by molar-refractivity contribution is 5.66. The second kappa shape index (κ2) is 6.22. The summed E-state index contributed by atoms with van der Waals surface area (Å²) in [6.45, 7) is 2.10. The summed E-state index contributed by atoms with van der Waals surface area (Å²) in [5.41, 5.74) is 10.5. The van der Waals surface area contributed by atoms with E-state index in [-0.39, 0.29) is 0 Å². The molecule has 0 saturated heterocycles. The van der Waals surface area contributed by atoms with Crippen LogP contribution in [0.2, 0.25) is 0 Å². The maximum Gasteiger partial charge on any atom is 0.227 e. The van der Waals surface area contributed by atoms with E-state index in [9.17, 15) is 0 Å². The van der Waals surface area contributed by atoms with Crippen molar-refractivity contribution in [1.29, 1.82) is 0 Å². The van der Waals surface area contributed by atoms with Crippen LogP contribution in [0.3, 0.4) is 0 Å². The minimum absolute atomic E-state index is 0.543. The molecule has 3 N–H and O–H groups in total. The summed E-state index contributed by atoms with van der Waals surface area (Å²) in [5.74, 6) is 0.543. The van der Waals surface area contributed by atoms with Gasteiger partial charge in [0.05, 0.1) is 5.69 Å². The van der Waals surface area contributed by atoms with Crippen molar-refractivity contribution < 1.29 is 0 Å². The molecule has 0 bridgehead atoms. The molecule has 22 heavy (non-hydrogen) atoms. The van der Waals surface area contributed by atoms with Gasteiger partial charge < -0.3 is 11.1 Å². The average molecular weight is 291 g/mol. The predicted octanol–water partition coefficient (Wildman–Crippen LogP) is 3.43. The molecule has 0 aliphatic heterocycles. The van der Waals surface area contributed by atoms with E-state index in [1.54, 1.807) is 18.6 Å². The number of aryl methyl sites for hydroxylation is 1. The van der Waals surface area contributed by atoms with Crippen LogP contribution in [0.15, 0.2) is 55.0 Å². The average Bonchev–Trinajstić information content (AvgIpc) is 2.56. The van der Waals surface area contributed by atoms with Crippen LogP contribution in [0.5, 0.6) is 0 Å². The lowest BCUT2D eigenvalue weighted by molar-refractivity contribution is 1.12. The molecule has 0 radical (unpaired) electrons. The molecular weight excluding hydrogens is 274 g/mol. The molecule has 0 unspecified atom stereocenters. The lowest BCUT2D eigenvalue weighted by atomic mass is 10.1. The van der Waals surface area contributed by atoms with E-state index in [1.165, 1.54) is 5.56 Å². The van der Waals surface area contributed by atoms with Gasteiger partial charge in [0, 0.05) is 35.5 Å². The number of nitrogen functional groups attached to an aromatic ring is 1. The van der Waals surface area contributed by atoms with Crippen molar-refractivity contribution in [2.24, 2.45) is 0 Å². The summed E-state index contributed by atoms with van der Waals surface area (Å²) in [6.07, 6.45) is 6.16. The van der Waals surface area contributed by atoms with Crippen molar-refractivity contribution in [3.63, 3.8) is 0 Å². The Morgan fingerprint density at radius 3 is 2.82 bits per heavy atom. The predicted molar refractivity (Wildman–Crippen MR) is 88.8 cm³/mol. The van der Waals surface area contributed by atoms with E-state index in [1.807, 2.05) is 36.4 Å². The van der Waals surface area contributed by atoms with E-state index in [4.69, 9.17) is 5.73 Å². The Balaban J connectivity index is 1.92. The van der Waals surface area contributed by atoms with Gasteiger partial charge in [-0.15, -0.1) is 0 Å². The third-order valence-electron chi connectivity index (χ3n) is 3.37. The molecule has 0 aliphatic rings. The van der Waals surface area contributed by atoms with Crippen LogP contribution in [-0.2, 0) is 6.42 Å². The van der Waals surface area contributed by atoms with Crippen LogP contribution in [0.25, 0.3) is 11.3 Å². The summed E-state index contributed by atoms with van der Waals surface area (Å²) in [5, 5.41) is 3.25. The lowest BCUT2D eigenvalue weighted by Crippen LogP contribution is -2.01. The number of anilines is 3. The number of pyridine rings is 1. The molecule has 0 spiro atoms. The fraction of sp³-hybridized carbons (Fsp3) is 0.118. The summed E-state index contributed by atoms with van der Waals surface area (Å²) < 4.78 is 0. The quantitative estimate of drug-likeness (QED) is 0.720. The smallest absolute Gasteiger partial charge is 0.227 e. The first kappa shape index (κ1) is 14.0. The topological polar surface area (TPSA) is 76.7 Å². The number of nitrogens with one attached hydrogen (secondary N) is 1. The maximum atomic E-state index is 5.87. The fourth-order valence-electron chi connectivity index (χ4n) is 2.23. The summed E-state index contributed by atoms with van der Waals surface area (Å²) in [7, 11) is 0. The van der Waals surface area contributed by atoms with Crippen molar-refractivity contribution in [2.75, 3.05) is 11.1 Å². The number of aromatic nitrogens is 3. The molecule has 1 aromatic carbocycles. The molecule has 5 nitrogen and oxygen atoms in total. The number of rotatable bonds is 4. The first-order chi connectivity index (χ1) is 10.8. The third kappa shape index (κ3) is 3.03. The van der Waals surface area contributed by atoms with Gasteiger partial charge in [-0.3, -0.25) is 4.98 Å². The van der Waals surface area contributed by atoms with E-state index < -0.39 is 0 Å². The lowest BCUT2D eigenvalue weighted by Gasteiger charge is -2.11. The molecule has 2 heterocycles. The van der Waals surface area contributed by atoms with Crippen molar-refractivity contribution in [3.8, 4) is 11.3 Å². The summed E-state index contributed by atoms with van der Waals surface area (Å²) >= 11 is 0. The van der Waals surface area contributed by atoms with Gasteiger partial charge in [0.2, 0.25) is 5.95 Å². The van der Waals surface area contributed by atoms with Gasteiger partial charge in [0.1, 0.15) is 0 Å². The van der Waals surface area contributed by atoms with Crippen molar-refractivity contribution in [3.05, 3.63) is 60.6 Å². The minimum atomic E-state index is 0.543. The highest BCUT2D eigenvalue weighted by Gasteiger charge is 2.06.